The largest absolute Gasteiger partial charge is 0.455 e. The van der Waals surface area contributed by atoms with Crippen LogP contribution in [-0.2, 0) is 11.3 Å². The molecule has 0 bridgehead atoms. The number of para-hydroxylation sites is 2. The lowest BCUT2D eigenvalue weighted by Crippen LogP contribution is -2.19. The number of nitrogens with zero attached hydrogens (tertiary/aromatic N) is 2. The van der Waals surface area contributed by atoms with Crippen molar-refractivity contribution in [2.24, 2.45) is 0 Å². The number of carbonyl (C=O) groups is 1. The van der Waals surface area contributed by atoms with Gasteiger partial charge < -0.3 is 10.1 Å². The summed E-state index contributed by atoms with van der Waals surface area (Å²) < 4.78 is 7.43. The van der Waals surface area contributed by atoms with E-state index in [0.29, 0.717) is 11.4 Å². The summed E-state index contributed by atoms with van der Waals surface area (Å²) in [5.41, 5.74) is 1.79. The quantitative estimate of drug-likeness (QED) is 0.783. The number of nitrogens with one attached hydrogen (secondary N) is 1. The summed E-state index contributed by atoms with van der Waals surface area (Å²) in [4.78, 5) is 12.1. The van der Waals surface area contributed by atoms with E-state index >= 15 is 0 Å². The SMILES string of the molecule is Cc1ccc(Oc2ccccc2NC(=O)Cn2cccn2)cc1. The van der Waals surface area contributed by atoms with E-state index in [1.807, 2.05) is 55.5 Å². The second-order valence-electron chi connectivity index (χ2n) is 5.16. The average molecular weight is 307 g/mol. The van der Waals surface area contributed by atoms with E-state index < -0.39 is 0 Å². The molecule has 0 radical (unpaired) electrons. The van der Waals surface area contributed by atoms with Crippen molar-refractivity contribution in [3.8, 4) is 11.5 Å². The number of hydrogen-bond acceptors (Lipinski definition) is 3. The van der Waals surface area contributed by atoms with E-state index in [9.17, 15) is 4.79 Å². The molecule has 23 heavy (non-hydrogen) atoms. The normalized spacial score (nSPS) is 10.3. The Hall–Kier alpha value is -3.08. The zero-order chi connectivity index (χ0) is 16.1. The van der Waals surface area contributed by atoms with Gasteiger partial charge in [0.25, 0.3) is 0 Å². The number of benzene rings is 2. The third kappa shape index (κ3) is 3.97. The zero-order valence-electron chi connectivity index (χ0n) is 12.8. The lowest BCUT2D eigenvalue weighted by Gasteiger charge is -2.12. The first-order valence-corrected chi connectivity index (χ1v) is 7.31. The Balaban J connectivity index is 1.72. The van der Waals surface area contributed by atoms with E-state index in [4.69, 9.17) is 4.74 Å². The molecule has 116 valence electrons. The molecule has 0 unspecified atom stereocenters. The van der Waals surface area contributed by atoms with Gasteiger partial charge in [0.05, 0.1) is 5.69 Å². The van der Waals surface area contributed by atoms with Gasteiger partial charge in [-0.1, -0.05) is 29.8 Å². The van der Waals surface area contributed by atoms with Crippen LogP contribution in [0.1, 0.15) is 5.56 Å². The molecule has 0 aliphatic carbocycles. The first-order chi connectivity index (χ1) is 11.2. The molecule has 0 aliphatic rings. The van der Waals surface area contributed by atoms with Crippen LogP contribution in [0.4, 0.5) is 5.69 Å². The molecule has 0 saturated carbocycles. The number of aryl methyl sites for hydroxylation is 1. The van der Waals surface area contributed by atoms with E-state index in [-0.39, 0.29) is 12.5 Å². The number of anilines is 1. The molecule has 0 aliphatic heterocycles. The van der Waals surface area contributed by atoms with Crippen LogP contribution in [0, 0.1) is 6.92 Å². The summed E-state index contributed by atoms with van der Waals surface area (Å²) in [6.45, 7) is 2.18. The van der Waals surface area contributed by atoms with Gasteiger partial charge in [-0.25, -0.2) is 0 Å². The molecular formula is C18H17N3O2. The molecule has 2 aromatic carbocycles. The van der Waals surface area contributed by atoms with E-state index in [1.165, 1.54) is 0 Å². The van der Waals surface area contributed by atoms with Gasteiger partial charge in [-0.2, -0.15) is 5.10 Å². The molecule has 0 atom stereocenters. The van der Waals surface area contributed by atoms with Crippen molar-refractivity contribution in [1.82, 2.24) is 9.78 Å². The molecule has 0 saturated heterocycles. The molecule has 0 spiro atoms. The monoisotopic (exact) mass is 307 g/mol. The summed E-state index contributed by atoms with van der Waals surface area (Å²) in [5, 5.41) is 6.88. The highest BCUT2D eigenvalue weighted by Gasteiger charge is 2.09. The van der Waals surface area contributed by atoms with Crippen LogP contribution in [0.25, 0.3) is 0 Å². The summed E-state index contributed by atoms with van der Waals surface area (Å²) in [7, 11) is 0. The number of amides is 1. The third-order valence-corrected chi connectivity index (χ3v) is 3.27. The minimum absolute atomic E-state index is 0.159. The van der Waals surface area contributed by atoms with Crippen LogP contribution in [-0.4, -0.2) is 15.7 Å². The van der Waals surface area contributed by atoms with Crippen LogP contribution in [0.15, 0.2) is 67.0 Å². The van der Waals surface area contributed by atoms with Crippen molar-refractivity contribution in [1.29, 1.82) is 0 Å². The van der Waals surface area contributed by atoms with Gasteiger partial charge in [-0.15, -0.1) is 0 Å². The topological polar surface area (TPSA) is 56.1 Å². The number of ether oxygens (including phenoxy) is 1. The molecule has 0 fully saturated rings. The Morgan fingerprint density at radius 1 is 1.13 bits per heavy atom. The fourth-order valence-electron chi connectivity index (χ4n) is 2.12. The molecule has 3 aromatic rings. The van der Waals surface area contributed by atoms with Crippen molar-refractivity contribution >= 4 is 11.6 Å². The predicted octanol–water partition coefficient (Wildman–Crippen LogP) is 3.62. The first-order valence-electron chi connectivity index (χ1n) is 7.31. The van der Waals surface area contributed by atoms with Crippen LogP contribution < -0.4 is 10.1 Å². The number of rotatable bonds is 5. The molecular weight excluding hydrogens is 290 g/mol. The van der Waals surface area contributed by atoms with Crippen molar-refractivity contribution < 1.29 is 9.53 Å². The van der Waals surface area contributed by atoms with Crippen LogP contribution in [0.5, 0.6) is 11.5 Å². The smallest absolute Gasteiger partial charge is 0.246 e. The van der Waals surface area contributed by atoms with Gasteiger partial charge in [0.2, 0.25) is 5.91 Å². The predicted molar refractivity (Wildman–Crippen MR) is 88.6 cm³/mol. The highest BCUT2D eigenvalue weighted by molar-refractivity contribution is 5.92. The standard InChI is InChI=1S/C18H17N3O2/c1-14-7-9-15(10-8-14)23-17-6-3-2-5-16(17)20-18(22)13-21-12-4-11-19-21/h2-12H,13H2,1H3,(H,20,22). The summed E-state index contributed by atoms with van der Waals surface area (Å²) in [6.07, 6.45) is 3.38. The van der Waals surface area contributed by atoms with Gasteiger partial charge in [0, 0.05) is 12.4 Å². The molecule has 1 amide bonds. The van der Waals surface area contributed by atoms with Crippen molar-refractivity contribution in [3.05, 3.63) is 72.6 Å². The van der Waals surface area contributed by atoms with Crippen LogP contribution in [0.3, 0.4) is 0 Å². The Bertz CT molecular complexity index is 780. The van der Waals surface area contributed by atoms with Gasteiger partial charge in [-0.3, -0.25) is 9.48 Å². The number of hydrogen-bond donors (Lipinski definition) is 1. The second kappa shape index (κ2) is 6.79. The number of carbonyl (C=O) groups excluding carboxylic acids is 1. The third-order valence-electron chi connectivity index (χ3n) is 3.27. The van der Waals surface area contributed by atoms with E-state index in [0.717, 1.165) is 11.3 Å². The highest BCUT2D eigenvalue weighted by Crippen LogP contribution is 2.29. The molecule has 5 heteroatoms. The first kappa shape index (κ1) is 14.8. The fourth-order valence-corrected chi connectivity index (χ4v) is 2.12. The highest BCUT2D eigenvalue weighted by atomic mass is 16.5. The summed E-state index contributed by atoms with van der Waals surface area (Å²) in [6, 6.07) is 16.9. The van der Waals surface area contributed by atoms with Crippen LogP contribution >= 0.6 is 0 Å². The van der Waals surface area contributed by atoms with Crippen LogP contribution in [0.2, 0.25) is 0 Å². The minimum atomic E-state index is -0.159. The maximum absolute atomic E-state index is 12.1. The fraction of sp³-hybridized carbons (Fsp3) is 0.111. The Kier molecular flexibility index (Phi) is 4.38. The Morgan fingerprint density at radius 2 is 1.91 bits per heavy atom. The minimum Gasteiger partial charge on any atom is -0.455 e. The maximum Gasteiger partial charge on any atom is 0.246 e. The lowest BCUT2D eigenvalue weighted by molar-refractivity contribution is -0.116. The molecule has 1 N–H and O–H groups in total. The summed E-state index contributed by atoms with van der Waals surface area (Å²) >= 11 is 0. The Morgan fingerprint density at radius 3 is 2.65 bits per heavy atom. The van der Waals surface area contributed by atoms with Gasteiger partial charge >= 0.3 is 0 Å². The second-order valence-corrected chi connectivity index (χ2v) is 5.16. The zero-order valence-corrected chi connectivity index (χ0v) is 12.8. The maximum atomic E-state index is 12.1. The molecule has 1 aromatic heterocycles. The van der Waals surface area contributed by atoms with Gasteiger partial charge in [-0.05, 0) is 37.3 Å². The van der Waals surface area contributed by atoms with Crippen molar-refractivity contribution in [2.75, 3.05) is 5.32 Å². The number of aromatic nitrogens is 2. The molecule has 3 rings (SSSR count). The summed E-state index contributed by atoms with van der Waals surface area (Å²) in [5.74, 6) is 1.17. The van der Waals surface area contributed by atoms with E-state index in [1.54, 1.807) is 23.1 Å². The van der Waals surface area contributed by atoms with E-state index in [2.05, 4.69) is 10.4 Å². The van der Waals surface area contributed by atoms with Gasteiger partial charge in [0.1, 0.15) is 12.3 Å². The average Bonchev–Trinajstić information content (AvgIpc) is 3.04. The molecule has 1 heterocycles. The Labute approximate surface area is 134 Å². The lowest BCUT2D eigenvalue weighted by atomic mass is 10.2. The van der Waals surface area contributed by atoms with Crippen molar-refractivity contribution in [2.45, 2.75) is 13.5 Å². The van der Waals surface area contributed by atoms with Gasteiger partial charge in [0.15, 0.2) is 5.75 Å². The molecule has 5 nitrogen and oxygen atoms in total. The van der Waals surface area contributed by atoms with Crippen molar-refractivity contribution in [3.63, 3.8) is 0 Å².